The molecule has 0 aliphatic heterocycles. The summed E-state index contributed by atoms with van der Waals surface area (Å²) in [6.07, 6.45) is 0. The van der Waals surface area contributed by atoms with Gasteiger partial charge in [-0.3, -0.25) is 4.79 Å². The largest absolute Gasteiger partial charge is 0.459 e. The normalized spacial score (nSPS) is 11.0. The molecule has 1 aromatic carbocycles. The molecular formula is C14H16F2N2O2. The molecule has 0 saturated heterocycles. The van der Waals surface area contributed by atoms with E-state index in [1.807, 2.05) is 0 Å². The summed E-state index contributed by atoms with van der Waals surface area (Å²) in [7, 11) is 0. The molecule has 0 aliphatic rings. The Bertz CT molecular complexity index is 522. The van der Waals surface area contributed by atoms with Crippen LogP contribution < -0.4 is 5.32 Å². The lowest BCUT2D eigenvalue weighted by molar-refractivity contribution is -0.153. The summed E-state index contributed by atoms with van der Waals surface area (Å²) in [6.45, 7) is 4.86. The first-order valence-electron chi connectivity index (χ1n) is 6.03. The van der Waals surface area contributed by atoms with Crippen LogP contribution in [0.2, 0.25) is 0 Å². The second kappa shape index (κ2) is 6.44. The van der Waals surface area contributed by atoms with Crippen LogP contribution in [-0.4, -0.2) is 18.1 Å². The fourth-order valence-corrected chi connectivity index (χ4v) is 1.50. The predicted molar refractivity (Wildman–Crippen MR) is 68.6 cm³/mol. The molecule has 0 fully saturated rings. The fraction of sp³-hybridized carbons (Fsp3) is 0.429. The maximum absolute atomic E-state index is 13.5. The average molecular weight is 282 g/mol. The van der Waals surface area contributed by atoms with Crippen molar-refractivity contribution in [3.63, 3.8) is 0 Å². The minimum atomic E-state index is -0.821. The zero-order valence-electron chi connectivity index (χ0n) is 11.6. The molecule has 0 atom stereocenters. The van der Waals surface area contributed by atoms with Crippen molar-refractivity contribution in [2.45, 2.75) is 32.9 Å². The Balaban J connectivity index is 2.59. The Morgan fingerprint density at radius 2 is 1.90 bits per heavy atom. The van der Waals surface area contributed by atoms with Gasteiger partial charge >= 0.3 is 5.97 Å². The predicted octanol–water partition coefficient (Wildman–Crippen LogP) is 2.27. The van der Waals surface area contributed by atoms with E-state index >= 15 is 0 Å². The number of nitrogens with zero attached hydrogens (tertiary/aromatic N) is 1. The van der Waals surface area contributed by atoms with Crippen LogP contribution >= 0.6 is 0 Å². The average Bonchev–Trinajstić information content (AvgIpc) is 2.30. The maximum Gasteiger partial charge on any atom is 0.320 e. The van der Waals surface area contributed by atoms with Gasteiger partial charge in [0.15, 0.2) is 0 Å². The molecule has 108 valence electrons. The maximum atomic E-state index is 13.5. The zero-order chi connectivity index (χ0) is 15.3. The molecule has 0 heterocycles. The quantitative estimate of drug-likeness (QED) is 0.860. The van der Waals surface area contributed by atoms with Crippen molar-refractivity contribution < 1.29 is 18.3 Å². The van der Waals surface area contributed by atoms with E-state index in [0.717, 1.165) is 12.1 Å². The molecule has 0 spiro atoms. The Kier molecular flexibility index (Phi) is 5.17. The minimum Gasteiger partial charge on any atom is -0.459 e. The molecule has 4 nitrogen and oxygen atoms in total. The van der Waals surface area contributed by atoms with Gasteiger partial charge in [0.2, 0.25) is 0 Å². The molecule has 0 aliphatic carbocycles. The van der Waals surface area contributed by atoms with Crippen molar-refractivity contribution >= 4 is 5.97 Å². The number of benzene rings is 1. The van der Waals surface area contributed by atoms with E-state index < -0.39 is 23.2 Å². The van der Waals surface area contributed by atoms with Gasteiger partial charge in [0.25, 0.3) is 0 Å². The summed E-state index contributed by atoms with van der Waals surface area (Å²) in [5, 5.41) is 11.2. The van der Waals surface area contributed by atoms with Crippen molar-refractivity contribution in [3.8, 4) is 6.07 Å². The number of ether oxygens (including phenoxy) is 1. The van der Waals surface area contributed by atoms with E-state index in [1.165, 1.54) is 0 Å². The molecule has 1 aromatic rings. The van der Waals surface area contributed by atoms with Crippen LogP contribution in [0.15, 0.2) is 12.1 Å². The van der Waals surface area contributed by atoms with Gasteiger partial charge in [-0.25, -0.2) is 8.78 Å². The Labute approximate surface area is 116 Å². The molecule has 0 radical (unpaired) electrons. The lowest BCUT2D eigenvalue weighted by Crippen LogP contribution is -2.31. The molecule has 0 unspecified atom stereocenters. The standard InChI is InChI=1S/C14H16F2N2O2/c1-14(2,3)20-13(19)8-18-7-10-11(15)4-9(6-17)5-12(10)16/h4-5,18H,7-8H2,1-3H3. The first kappa shape index (κ1) is 16.1. The van der Waals surface area contributed by atoms with Gasteiger partial charge in [0.1, 0.15) is 17.2 Å². The Hall–Kier alpha value is -2.00. The lowest BCUT2D eigenvalue weighted by Gasteiger charge is -2.19. The number of nitriles is 1. The van der Waals surface area contributed by atoms with E-state index in [-0.39, 0.29) is 24.2 Å². The third kappa shape index (κ3) is 4.94. The molecule has 0 amide bonds. The van der Waals surface area contributed by atoms with Gasteiger partial charge in [0.05, 0.1) is 18.2 Å². The van der Waals surface area contributed by atoms with Gasteiger partial charge in [-0.15, -0.1) is 0 Å². The van der Waals surface area contributed by atoms with E-state index in [2.05, 4.69) is 5.32 Å². The molecule has 0 saturated carbocycles. The monoisotopic (exact) mass is 282 g/mol. The van der Waals surface area contributed by atoms with Gasteiger partial charge in [-0.1, -0.05) is 0 Å². The first-order chi connectivity index (χ1) is 9.23. The number of halogens is 2. The van der Waals surface area contributed by atoms with Crippen LogP contribution in [0, 0.1) is 23.0 Å². The smallest absolute Gasteiger partial charge is 0.320 e. The van der Waals surface area contributed by atoms with Crippen LogP contribution in [0.4, 0.5) is 8.78 Å². The van der Waals surface area contributed by atoms with E-state index in [0.29, 0.717) is 0 Å². The highest BCUT2D eigenvalue weighted by atomic mass is 19.1. The minimum absolute atomic E-state index is 0.0871. The highest BCUT2D eigenvalue weighted by Crippen LogP contribution is 2.15. The Morgan fingerprint density at radius 3 is 2.35 bits per heavy atom. The van der Waals surface area contributed by atoms with Crippen molar-refractivity contribution in [1.82, 2.24) is 5.32 Å². The molecule has 0 aromatic heterocycles. The lowest BCUT2D eigenvalue weighted by atomic mass is 10.1. The molecule has 0 bridgehead atoms. The fourth-order valence-electron chi connectivity index (χ4n) is 1.50. The number of hydrogen-bond donors (Lipinski definition) is 1. The summed E-state index contributed by atoms with van der Waals surface area (Å²) >= 11 is 0. The number of carbonyl (C=O) groups excluding carboxylic acids is 1. The number of esters is 1. The van der Waals surface area contributed by atoms with Gasteiger partial charge in [-0.2, -0.15) is 5.26 Å². The van der Waals surface area contributed by atoms with E-state index in [1.54, 1.807) is 26.8 Å². The van der Waals surface area contributed by atoms with E-state index in [4.69, 9.17) is 10.00 Å². The topological polar surface area (TPSA) is 62.1 Å². The summed E-state index contributed by atoms with van der Waals surface area (Å²) in [5.41, 5.74) is -0.910. The molecule has 1 rings (SSSR count). The van der Waals surface area contributed by atoms with Crippen molar-refractivity contribution in [1.29, 1.82) is 5.26 Å². The van der Waals surface area contributed by atoms with Crippen LogP contribution in [0.5, 0.6) is 0 Å². The van der Waals surface area contributed by atoms with Crippen LogP contribution in [0.1, 0.15) is 31.9 Å². The van der Waals surface area contributed by atoms with Crippen LogP contribution in [0.25, 0.3) is 0 Å². The van der Waals surface area contributed by atoms with Crippen LogP contribution in [-0.2, 0) is 16.1 Å². The molecule has 6 heteroatoms. The highest BCUT2D eigenvalue weighted by molar-refractivity contribution is 5.72. The number of hydrogen-bond acceptors (Lipinski definition) is 4. The van der Waals surface area contributed by atoms with Crippen molar-refractivity contribution in [2.24, 2.45) is 0 Å². The molecular weight excluding hydrogens is 266 g/mol. The molecule has 1 N–H and O–H groups in total. The van der Waals surface area contributed by atoms with Crippen molar-refractivity contribution in [2.75, 3.05) is 6.54 Å². The third-order valence-corrected chi connectivity index (χ3v) is 2.26. The first-order valence-corrected chi connectivity index (χ1v) is 6.03. The zero-order valence-corrected chi connectivity index (χ0v) is 11.6. The van der Waals surface area contributed by atoms with Gasteiger partial charge < -0.3 is 10.1 Å². The third-order valence-electron chi connectivity index (χ3n) is 2.26. The van der Waals surface area contributed by atoms with Crippen LogP contribution in [0.3, 0.4) is 0 Å². The Morgan fingerprint density at radius 1 is 1.35 bits per heavy atom. The molecule has 20 heavy (non-hydrogen) atoms. The second-order valence-electron chi connectivity index (χ2n) is 5.22. The summed E-state index contributed by atoms with van der Waals surface area (Å²) in [4.78, 5) is 11.4. The van der Waals surface area contributed by atoms with E-state index in [9.17, 15) is 13.6 Å². The van der Waals surface area contributed by atoms with Crippen molar-refractivity contribution in [3.05, 3.63) is 34.9 Å². The second-order valence-corrected chi connectivity index (χ2v) is 5.22. The number of nitrogens with one attached hydrogen (secondary N) is 1. The number of carbonyl (C=O) groups is 1. The SMILES string of the molecule is CC(C)(C)OC(=O)CNCc1c(F)cc(C#N)cc1F. The summed E-state index contributed by atoms with van der Waals surface area (Å²) in [6, 6.07) is 3.57. The van der Waals surface area contributed by atoms with Gasteiger partial charge in [-0.05, 0) is 32.9 Å². The number of rotatable bonds is 4. The highest BCUT2D eigenvalue weighted by Gasteiger charge is 2.16. The summed E-state index contributed by atoms with van der Waals surface area (Å²) < 4.78 is 32.1. The summed E-state index contributed by atoms with van der Waals surface area (Å²) in [5.74, 6) is -2.15. The van der Waals surface area contributed by atoms with Gasteiger partial charge in [0, 0.05) is 12.1 Å².